The van der Waals surface area contributed by atoms with E-state index in [0.717, 1.165) is 21.8 Å². The van der Waals surface area contributed by atoms with Crippen molar-refractivity contribution in [3.63, 3.8) is 0 Å². The first-order chi connectivity index (χ1) is 13.6. The van der Waals surface area contributed by atoms with Gasteiger partial charge in [0.1, 0.15) is 22.0 Å². The minimum absolute atomic E-state index is 0.152. The lowest BCUT2D eigenvalue weighted by Crippen LogP contribution is -2.13. The topological polar surface area (TPSA) is 105 Å². The fourth-order valence-electron chi connectivity index (χ4n) is 2.93. The van der Waals surface area contributed by atoms with Gasteiger partial charge in [-0.1, -0.05) is 0 Å². The summed E-state index contributed by atoms with van der Waals surface area (Å²) in [6.07, 6.45) is 1.76. The number of hydrogen-bond donors (Lipinski definition) is 3. The highest BCUT2D eigenvalue weighted by Gasteiger charge is 2.13. The highest BCUT2D eigenvalue weighted by Crippen LogP contribution is 2.32. The van der Waals surface area contributed by atoms with Crippen LogP contribution in [-0.2, 0) is 6.54 Å². The first-order valence-corrected chi connectivity index (χ1v) is 9.39. The zero-order valence-electron chi connectivity index (χ0n) is 15.6. The Hall–Kier alpha value is -3.33. The monoisotopic (exact) mass is 397 g/mol. The van der Waals surface area contributed by atoms with Crippen LogP contribution < -0.4 is 20.3 Å². The fourth-order valence-corrected chi connectivity index (χ4v) is 3.99. The Morgan fingerprint density at radius 3 is 2.79 bits per heavy atom. The van der Waals surface area contributed by atoms with Gasteiger partial charge in [0.15, 0.2) is 0 Å². The average Bonchev–Trinajstić information content (AvgIpc) is 3.32. The summed E-state index contributed by atoms with van der Waals surface area (Å²) in [5.74, 6) is 1.90. The number of rotatable bonds is 6. The summed E-state index contributed by atoms with van der Waals surface area (Å²) in [7, 11) is 3.20. The van der Waals surface area contributed by atoms with E-state index in [2.05, 4.69) is 25.5 Å². The van der Waals surface area contributed by atoms with Gasteiger partial charge >= 0.3 is 0 Å². The maximum absolute atomic E-state index is 12.5. The highest BCUT2D eigenvalue weighted by molar-refractivity contribution is 7.22. The summed E-state index contributed by atoms with van der Waals surface area (Å²) >= 11 is 1.41. The summed E-state index contributed by atoms with van der Waals surface area (Å²) in [4.78, 5) is 20.9. The summed E-state index contributed by atoms with van der Waals surface area (Å²) in [5.41, 5.74) is 3.23. The van der Waals surface area contributed by atoms with Gasteiger partial charge in [0, 0.05) is 22.2 Å². The normalized spacial score (nSPS) is 11.0. The van der Waals surface area contributed by atoms with Crippen LogP contribution in [0, 0.1) is 6.92 Å². The lowest BCUT2D eigenvalue weighted by Gasteiger charge is -2.12. The third kappa shape index (κ3) is 3.31. The van der Waals surface area contributed by atoms with Gasteiger partial charge in [0.2, 0.25) is 0 Å². The van der Waals surface area contributed by atoms with E-state index in [9.17, 15) is 4.79 Å². The second-order valence-electron chi connectivity index (χ2n) is 6.17. The third-order valence-electron chi connectivity index (χ3n) is 4.38. The van der Waals surface area contributed by atoms with Gasteiger partial charge in [-0.2, -0.15) is 5.10 Å². The number of H-pyrrole nitrogens is 2. The first-order valence-electron chi connectivity index (χ1n) is 8.58. The van der Waals surface area contributed by atoms with Crippen LogP contribution in [0.1, 0.15) is 11.5 Å². The van der Waals surface area contributed by atoms with Crippen molar-refractivity contribution in [2.75, 3.05) is 19.5 Å². The van der Waals surface area contributed by atoms with Crippen molar-refractivity contribution in [1.29, 1.82) is 0 Å². The van der Waals surface area contributed by atoms with E-state index >= 15 is 0 Å². The van der Waals surface area contributed by atoms with Crippen LogP contribution in [0.3, 0.4) is 0 Å². The number of nitrogens with zero attached hydrogens (tertiary/aromatic N) is 2. The lowest BCUT2D eigenvalue weighted by molar-refractivity contribution is 0.395. The molecule has 28 heavy (non-hydrogen) atoms. The van der Waals surface area contributed by atoms with Gasteiger partial charge < -0.3 is 19.8 Å². The van der Waals surface area contributed by atoms with Crippen LogP contribution in [0.5, 0.6) is 11.5 Å². The molecule has 0 aliphatic carbocycles. The minimum atomic E-state index is -0.152. The summed E-state index contributed by atoms with van der Waals surface area (Å²) < 4.78 is 11.2. The standard InChI is InChI=1S/C19H19N5O3S/c1-10-12(8-21-24-10)16-7-14-18(28-16)19(25)23-17(22-14)9-20-13-5-4-11(26-2)6-15(13)27-3/h4-8,20H,9H2,1-3H3,(H,21,24)(H,22,23,25). The zero-order valence-corrected chi connectivity index (χ0v) is 16.4. The molecule has 0 amide bonds. The number of aryl methyl sites for hydroxylation is 1. The first kappa shape index (κ1) is 18.1. The molecule has 0 aliphatic heterocycles. The minimum Gasteiger partial charge on any atom is -0.497 e. The van der Waals surface area contributed by atoms with E-state index in [0.29, 0.717) is 34.1 Å². The largest absolute Gasteiger partial charge is 0.497 e. The molecule has 0 aliphatic rings. The molecule has 0 spiro atoms. The van der Waals surface area contributed by atoms with Crippen molar-refractivity contribution in [2.45, 2.75) is 13.5 Å². The Bertz CT molecular complexity index is 1190. The van der Waals surface area contributed by atoms with Gasteiger partial charge in [-0.15, -0.1) is 11.3 Å². The van der Waals surface area contributed by atoms with E-state index in [1.165, 1.54) is 11.3 Å². The number of nitrogens with one attached hydrogen (secondary N) is 3. The lowest BCUT2D eigenvalue weighted by atomic mass is 10.2. The Morgan fingerprint density at radius 1 is 1.21 bits per heavy atom. The smallest absolute Gasteiger partial charge is 0.268 e. The van der Waals surface area contributed by atoms with Gasteiger partial charge in [-0.3, -0.25) is 9.89 Å². The zero-order chi connectivity index (χ0) is 19.7. The van der Waals surface area contributed by atoms with Crippen molar-refractivity contribution in [3.8, 4) is 21.9 Å². The number of ether oxygens (including phenoxy) is 2. The molecular weight excluding hydrogens is 378 g/mol. The van der Waals surface area contributed by atoms with Crippen LogP contribution in [0.2, 0.25) is 0 Å². The van der Waals surface area contributed by atoms with Crippen molar-refractivity contribution >= 4 is 27.2 Å². The predicted molar refractivity (Wildman–Crippen MR) is 109 cm³/mol. The molecule has 1 aromatic carbocycles. The Kier molecular flexibility index (Phi) is 4.74. The van der Waals surface area contributed by atoms with Crippen LogP contribution in [0.4, 0.5) is 5.69 Å². The molecule has 3 aromatic heterocycles. The summed E-state index contributed by atoms with van der Waals surface area (Å²) in [6.45, 7) is 2.30. The average molecular weight is 397 g/mol. The second kappa shape index (κ2) is 7.35. The quantitative estimate of drug-likeness (QED) is 0.461. The summed E-state index contributed by atoms with van der Waals surface area (Å²) in [6, 6.07) is 7.41. The third-order valence-corrected chi connectivity index (χ3v) is 5.54. The van der Waals surface area contributed by atoms with Gasteiger partial charge in [0.05, 0.1) is 38.2 Å². The number of hydrogen-bond acceptors (Lipinski definition) is 7. The van der Waals surface area contributed by atoms with Crippen LogP contribution in [-0.4, -0.2) is 34.4 Å². The Balaban J connectivity index is 1.62. The molecule has 3 heterocycles. The van der Waals surface area contributed by atoms with Crippen molar-refractivity contribution in [2.24, 2.45) is 0 Å². The Labute approximate surface area is 164 Å². The summed E-state index contributed by atoms with van der Waals surface area (Å²) in [5, 5.41) is 10.2. The number of benzene rings is 1. The molecule has 0 unspecified atom stereocenters. The molecular formula is C19H19N5O3S. The highest BCUT2D eigenvalue weighted by atomic mass is 32.1. The number of fused-ring (bicyclic) bond motifs is 1. The van der Waals surface area contributed by atoms with Gasteiger partial charge in [-0.25, -0.2) is 4.98 Å². The SMILES string of the molecule is COc1ccc(NCc2nc3cc(-c4cn[nH]c4C)sc3c(=O)[nH]2)c(OC)c1. The van der Waals surface area contributed by atoms with Crippen molar-refractivity contribution in [1.82, 2.24) is 20.2 Å². The molecule has 8 nitrogen and oxygen atoms in total. The van der Waals surface area contributed by atoms with E-state index in [1.807, 2.05) is 25.1 Å². The molecule has 9 heteroatoms. The van der Waals surface area contributed by atoms with Crippen molar-refractivity contribution < 1.29 is 9.47 Å². The molecule has 0 fully saturated rings. The van der Waals surface area contributed by atoms with Crippen LogP contribution >= 0.6 is 11.3 Å². The van der Waals surface area contributed by atoms with E-state index in [1.54, 1.807) is 26.5 Å². The molecule has 0 saturated carbocycles. The maximum atomic E-state index is 12.5. The van der Waals surface area contributed by atoms with Crippen LogP contribution in [0.25, 0.3) is 20.7 Å². The fraction of sp³-hybridized carbons (Fsp3) is 0.211. The molecule has 0 bridgehead atoms. The van der Waals surface area contributed by atoms with Gasteiger partial charge in [-0.05, 0) is 25.1 Å². The predicted octanol–water partition coefficient (Wildman–Crippen LogP) is 3.31. The molecule has 0 radical (unpaired) electrons. The number of aromatic amines is 2. The second-order valence-corrected chi connectivity index (χ2v) is 7.22. The molecule has 0 saturated heterocycles. The molecule has 4 rings (SSSR count). The van der Waals surface area contributed by atoms with E-state index < -0.39 is 0 Å². The number of methoxy groups -OCH3 is 2. The van der Waals surface area contributed by atoms with E-state index in [-0.39, 0.29) is 5.56 Å². The van der Waals surface area contributed by atoms with Crippen LogP contribution in [0.15, 0.2) is 35.3 Å². The molecule has 0 atom stereocenters. The van der Waals surface area contributed by atoms with E-state index in [4.69, 9.17) is 9.47 Å². The number of aromatic nitrogens is 4. The molecule has 3 N–H and O–H groups in total. The molecule has 4 aromatic rings. The van der Waals surface area contributed by atoms with Crippen molar-refractivity contribution in [3.05, 3.63) is 52.3 Å². The Morgan fingerprint density at radius 2 is 2.07 bits per heavy atom. The van der Waals surface area contributed by atoms with Gasteiger partial charge in [0.25, 0.3) is 5.56 Å². The number of anilines is 1. The molecule has 144 valence electrons. The maximum Gasteiger partial charge on any atom is 0.268 e. The number of thiophene rings is 1.